The number of carbonyl (C=O) groups excluding carboxylic acids is 1. The minimum absolute atomic E-state index is 0.0981. The van der Waals surface area contributed by atoms with Gasteiger partial charge in [0.05, 0.1) is 12.1 Å². The van der Waals surface area contributed by atoms with Gasteiger partial charge in [0.15, 0.2) is 11.6 Å². The Morgan fingerprint density at radius 3 is 2.38 bits per heavy atom. The van der Waals surface area contributed by atoms with Crippen LogP contribution in [-0.4, -0.2) is 31.2 Å². The molecule has 0 aliphatic rings. The normalized spacial score (nSPS) is 11.5. The first-order valence-electron chi connectivity index (χ1n) is 11.9. The summed E-state index contributed by atoms with van der Waals surface area (Å²) in [6, 6.07) is 21.4. The van der Waals surface area contributed by atoms with Crippen molar-refractivity contribution in [3.05, 3.63) is 111 Å². The van der Waals surface area contributed by atoms with Crippen LogP contribution in [0, 0.1) is 6.92 Å². The van der Waals surface area contributed by atoms with Crippen molar-refractivity contribution in [2.24, 2.45) is 0 Å². The number of hydrogen-bond donors (Lipinski definition) is 1. The molecular formula is C29H28ClN3O4. The molecule has 4 rings (SSSR count). The average molecular weight is 518 g/mol. The van der Waals surface area contributed by atoms with E-state index in [2.05, 4.69) is 11.2 Å². The predicted octanol–water partition coefficient (Wildman–Crippen LogP) is 5.36. The summed E-state index contributed by atoms with van der Waals surface area (Å²) in [6.45, 7) is 5.96. The predicted molar refractivity (Wildman–Crippen MR) is 143 cm³/mol. The van der Waals surface area contributed by atoms with Crippen molar-refractivity contribution >= 4 is 23.4 Å². The third kappa shape index (κ3) is 6.06. The highest BCUT2D eigenvalue weighted by atomic mass is 35.5. The van der Waals surface area contributed by atoms with Gasteiger partial charge >= 0.3 is 11.7 Å². The number of ketones is 1. The Hall–Kier alpha value is -3.97. The number of hydrogen-bond acceptors (Lipinski definition) is 4. The van der Waals surface area contributed by atoms with E-state index in [1.54, 1.807) is 36.4 Å². The summed E-state index contributed by atoms with van der Waals surface area (Å²) in [5.74, 6) is -0.799. The molecule has 0 spiro atoms. The minimum atomic E-state index is -1.05. The molecule has 37 heavy (non-hydrogen) atoms. The number of nitrogens with zero attached hydrogens (tertiary/aromatic N) is 3. The van der Waals surface area contributed by atoms with Crippen molar-refractivity contribution < 1.29 is 14.7 Å². The van der Waals surface area contributed by atoms with E-state index >= 15 is 0 Å². The first kappa shape index (κ1) is 26.1. The average Bonchev–Trinajstić information content (AvgIpc) is 3.14. The molecule has 1 heterocycles. The van der Waals surface area contributed by atoms with Crippen LogP contribution in [0.2, 0.25) is 5.02 Å². The third-order valence-corrected chi connectivity index (χ3v) is 6.56. The van der Waals surface area contributed by atoms with E-state index in [4.69, 9.17) is 11.6 Å². The molecule has 0 fully saturated rings. The Balaban J connectivity index is 1.66. The lowest BCUT2D eigenvalue weighted by Crippen LogP contribution is -2.30. The molecule has 0 aliphatic heterocycles. The number of halogens is 1. The van der Waals surface area contributed by atoms with Gasteiger partial charge in [0.2, 0.25) is 0 Å². The van der Waals surface area contributed by atoms with Crippen LogP contribution in [0.3, 0.4) is 0 Å². The Bertz CT molecular complexity index is 1520. The van der Waals surface area contributed by atoms with Gasteiger partial charge in [-0.2, -0.15) is 0 Å². The fraction of sp³-hybridized carbons (Fsp3) is 0.241. The number of aromatic carboxylic acids is 1. The zero-order valence-corrected chi connectivity index (χ0v) is 21.7. The van der Waals surface area contributed by atoms with Crippen molar-refractivity contribution in [2.45, 2.75) is 45.7 Å². The lowest BCUT2D eigenvalue weighted by atomic mass is 9.79. The molecule has 190 valence electrons. The van der Waals surface area contributed by atoms with Crippen LogP contribution in [0.5, 0.6) is 0 Å². The first-order chi connectivity index (χ1) is 17.5. The van der Waals surface area contributed by atoms with Gasteiger partial charge in [-0.3, -0.25) is 9.36 Å². The second-order valence-corrected chi connectivity index (χ2v) is 10.3. The van der Waals surface area contributed by atoms with Gasteiger partial charge in [-0.25, -0.2) is 14.3 Å². The highest BCUT2D eigenvalue weighted by Gasteiger charge is 2.26. The number of aryl methyl sites for hydroxylation is 1. The smallest absolute Gasteiger partial charge is 0.346 e. The Labute approximate surface area is 220 Å². The zero-order valence-electron chi connectivity index (χ0n) is 20.9. The molecule has 0 atom stereocenters. The molecule has 1 N–H and O–H groups in total. The Morgan fingerprint density at radius 1 is 1.00 bits per heavy atom. The quantitative estimate of drug-likeness (QED) is 0.322. The third-order valence-electron chi connectivity index (χ3n) is 6.30. The molecule has 0 saturated heterocycles. The van der Waals surface area contributed by atoms with Gasteiger partial charge in [-0.15, -0.1) is 5.10 Å². The molecular weight excluding hydrogens is 490 g/mol. The molecule has 0 saturated carbocycles. The molecule has 7 nitrogen and oxygen atoms in total. The molecule has 0 aliphatic carbocycles. The maximum Gasteiger partial charge on any atom is 0.346 e. The van der Waals surface area contributed by atoms with Crippen molar-refractivity contribution in [3.8, 4) is 11.4 Å². The van der Waals surface area contributed by atoms with Crippen LogP contribution in [-0.2, 0) is 23.3 Å². The van der Waals surface area contributed by atoms with E-state index in [0.29, 0.717) is 22.0 Å². The van der Waals surface area contributed by atoms with Crippen molar-refractivity contribution in [2.75, 3.05) is 0 Å². The van der Waals surface area contributed by atoms with Crippen LogP contribution in [0.25, 0.3) is 11.4 Å². The summed E-state index contributed by atoms with van der Waals surface area (Å²) in [4.78, 5) is 38.0. The largest absolute Gasteiger partial charge is 0.478 e. The number of carbonyl (C=O) groups is 2. The summed E-state index contributed by atoms with van der Waals surface area (Å²) in [7, 11) is 0. The summed E-state index contributed by atoms with van der Waals surface area (Å²) in [6.07, 6.45) is 0.243. The Kier molecular flexibility index (Phi) is 7.45. The molecule has 3 aromatic carbocycles. The van der Waals surface area contributed by atoms with E-state index in [0.717, 1.165) is 11.1 Å². The van der Waals surface area contributed by atoms with Crippen molar-refractivity contribution in [3.63, 3.8) is 0 Å². The van der Waals surface area contributed by atoms with Gasteiger partial charge < -0.3 is 5.11 Å². The van der Waals surface area contributed by atoms with E-state index in [1.165, 1.54) is 21.4 Å². The van der Waals surface area contributed by atoms with Gasteiger partial charge in [-0.1, -0.05) is 67.4 Å². The topological polar surface area (TPSA) is 94.2 Å². The number of rotatable bonds is 9. The number of Topliss-reactive ketones (excluding diaryl/α,β-unsaturated/α-hetero) is 1. The monoisotopic (exact) mass is 517 g/mol. The highest BCUT2D eigenvalue weighted by molar-refractivity contribution is 6.30. The second-order valence-electron chi connectivity index (χ2n) is 9.83. The van der Waals surface area contributed by atoms with E-state index in [1.807, 2.05) is 39.0 Å². The molecule has 1 aromatic heterocycles. The lowest BCUT2D eigenvalue weighted by Gasteiger charge is -2.24. The van der Waals surface area contributed by atoms with Crippen molar-refractivity contribution in [1.82, 2.24) is 14.3 Å². The lowest BCUT2D eigenvalue weighted by molar-refractivity contribution is -0.120. The highest BCUT2D eigenvalue weighted by Crippen LogP contribution is 2.28. The summed E-state index contributed by atoms with van der Waals surface area (Å²) >= 11 is 6.05. The number of carboxylic acid groups (broad SMARTS) is 1. The maximum atomic E-state index is 13.4. The molecule has 0 bridgehead atoms. The van der Waals surface area contributed by atoms with E-state index in [9.17, 15) is 19.5 Å². The van der Waals surface area contributed by atoms with Crippen LogP contribution >= 0.6 is 11.6 Å². The van der Waals surface area contributed by atoms with Crippen molar-refractivity contribution in [1.29, 1.82) is 0 Å². The SMILES string of the molecule is Cc1cccc(C(C)(C)CC(=O)Cn2nc(-c3ccc(Cl)cc3)n(Cc3cccc(C(=O)O)c3)c2=O)c1. The van der Waals surface area contributed by atoms with Gasteiger partial charge in [-0.05, 0) is 59.9 Å². The van der Waals surface area contributed by atoms with Gasteiger partial charge in [0.25, 0.3) is 0 Å². The van der Waals surface area contributed by atoms with E-state index in [-0.39, 0.29) is 30.9 Å². The fourth-order valence-corrected chi connectivity index (χ4v) is 4.49. The number of aromatic nitrogens is 3. The molecule has 8 heteroatoms. The van der Waals surface area contributed by atoms with Gasteiger partial charge in [0.1, 0.15) is 6.54 Å². The summed E-state index contributed by atoms with van der Waals surface area (Å²) < 4.78 is 2.63. The molecule has 0 radical (unpaired) electrons. The van der Waals surface area contributed by atoms with E-state index < -0.39 is 17.1 Å². The molecule has 0 amide bonds. The number of benzene rings is 3. The summed E-state index contributed by atoms with van der Waals surface area (Å²) in [5, 5.41) is 14.4. The van der Waals surface area contributed by atoms with Crippen LogP contribution in [0.15, 0.2) is 77.6 Å². The zero-order chi connectivity index (χ0) is 26.7. The van der Waals surface area contributed by atoms with Crippen LogP contribution in [0.1, 0.15) is 47.3 Å². The second kappa shape index (κ2) is 10.6. The minimum Gasteiger partial charge on any atom is -0.478 e. The van der Waals surface area contributed by atoms with Crippen LogP contribution in [0.4, 0.5) is 0 Å². The number of carboxylic acids is 1. The first-order valence-corrected chi connectivity index (χ1v) is 12.3. The fourth-order valence-electron chi connectivity index (χ4n) is 4.37. The Morgan fingerprint density at radius 2 is 1.70 bits per heavy atom. The van der Waals surface area contributed by atoms with Gasteiger partial charge in [0, 0.05) is 17.0 Å². The molecule has 4 aromatic rings. The summed E-state index contributed by atoms with van der Waals surface area (Å²) in [5.41, 5.74) is 2.72. The maximum absolute atomic E-state index is 13.4. The molecule has 0 unspecified atom stereocenters. The standard InChI is InChI=1S/C29H28ClN3O4/c1-19-6-4-9-23(14-19)29(2,3)16-25(34)18-33-28(37)32(17-20-7-5-8-22(15-20)27(35)36)26(31-33)21-10-12-24(30)13-11-21/h4-15H,16-18H2,1-3H3,(H,35,36). The van der Waals surface area contributed by atoms with Crippen LogP contribution < -0.4 is 5.69 Å².